The number of aromatic nitrogens is 4. The van der Waals surface area contributed by atoms with Crippen molar-refractivity contribution in [1.82, 2.24) is 19.4 Å². The van der Waals surface area contributed by atoms with E-state index in [1.807, 2.05) is 60.0 Å². The summed E-state index contributed by atoms with van der Waals surface area (Å²) in [5, 5.41) is 18.6. The summed E-state index contributed by atoms with van der Waals surface area (Å²) in [6, 6.07) is 17.0. The van der Waals surface area contributed by atoms with E-state index in [4.69, 9.17) is 21.8 Å². The molecule has 0 bridgehead atoms. The van der Waals surface area contributed by atoms with Gasteiger partial charge in [0.05, 0.1) is 23.4 Å². The Bertz CT molecular complexity index is 1130. The van der Waals surface area contributed by atoms with Gasteiger partial charge in [-0.15, -0.1) is 0 Å². The Hall–Kier alpha value is -3.12. The van der Waals surface area contributed by atoms with E-state index >= 15 is 0 Å². The van der Waals surface area contributed by atoms with Crippen LogP contribution in [0.15, 0.2) is 54.6 Å². The molecule has 0 aliphatic carbocycles. The van der Waals surface area contributed by atoms with Crippen molar-refractivity contribution in [3.05, 3.63) is 76.7 Å². The fraction of sp³-hybridized carbons (Fsp3) is 0.105. The highest BCUT2D eigenvalue weighted by atomic mass is 35.5. The van der Waals surface area contributed by atoms with Gasteiger partial charge in [0, 0.05) is 16.3 Å². The molecule has 6 nitrogen and oxygen atoms in total. The summed E-state index contributed by atoms with van der Waals surface area (Å²) in [4.78, 5) is 11.1. The van der Waals surface area contributed by atoms with Crippen LogP contribution in [0.4, 0.5) is 0 Å². The van der Waals surface area contributed by atoms with Crippen LogP contribution in [0.25, 0.3) is 16.8 Å². The average Bonchev–Trinajstić information content (AvgIpc) is 3.20. The molecule has 3 heterocycles. The van der Waals surface area contributed by atoms with Gasteiger partial charge in [-0.05, 0) is 43.3 Å². The second-order valence-electron chi connectivity index (χ2n) is 6.03. The van der Waals surface area contributed by atoms with Crippen LogP contribution < -0.4 is 0 Å². The molecule has 7 heteroatoms. The molecule has 1 aromatic carbocycles. The van der Waals surface area contributed by atoms with Crippen LogP contribution in [-0.2, 0) is 6.54 Å². The van der Waals surface area contributed by atoms with Crippen LogP contribution in [0.2, 0.25) is 5.02 Å². The third-order valence-corrected chi connectivity index (χ3v) is 4.43. The van der Waals surface area contributed by atoms with E-state index < -0.39 is 5.97 Å². The molecule has 26 heavy (non-hydrogen) atoms. The highest BCUT2D eigenvalue weighted by Gasteiger charge is 2.13. The first-order chi connectivity index (χ1) is 12.5. The zero-order valence-corrected chi connectivity index (χ0v) is 14.7. The van der Waals surface area contributed by atoms with Crippen LogP contribution in [0, 0.1) is 6.92 Å². The number of nitrogens with zero attached hydrogens (tertiary/aromatic N) is 4. The summed E-state index contributed by atoms with van der Waals surface area (Å²) in [7, 11) is 0. The van der Waals surface area contributed by atoms with E-state index in [-0.39, 0.29) is 5.69 Å². The van der Waals surface area contributed by atoms with Crippen LogP contribution in [-0.4, -0.2) is 30.5 Å². The minimum Gasteiger partial charge on any atom is -0.476 e. The summed E-state index contributed by atoms with van der Waals surface area (Å²) < 4.78 is 3.51. The lowest BCUT2D eigenvalue weighted by atomic mass is 10.1. The molecule has 4 aromatic rings. The number of hydrogen-bond donors (Lipinski definition) is 1. The molecule has 0 radical (unpaired) electrons. The molecule has 0 saturated heterocycles. The minimum atomic E-state index is -1.03. The maximum atomic E-state index is 11.1. The van der Waals surface area contributed by atoms with Gasteiger partial charge in [-0.2, -0.15) is 10.2 Å². The number of aryl methyl sites for hydroxylation is 1. The van der Waals surface area contributed by atoms with Gasteiger partial charge >= 0.3 is 5.97 Å². The number of carboxylic acids is 1. The Morgan fingerprint density at radius 2 is 1.92 bits per heavy atom. The van der Waals surface area contributed by atoms with Gasteiger partial charge in [0.2, 0.25) is 0 Å². The van der Waals surface area contributed by atoms with Crippen molar-refractivity contribution < 1.29 is 9.90 Å². The zero-order valence-electron chi connectivity index (χ0n) is 13.9. The molecule has 0 aliphatic heterocycles. The van der Waals surface area contributed by atoms with Gasteiger partial charge < -0.3 is 5.11 Å². The molecule has 0 saturated carbocycles. The Balaban J connectivity index is 1.75. The first kappa shape index (κ1) is 16.4. The summed E-state index contributed by atoms with van der Waals surface area (Å²) in [6.45, 7) is 2.26. The molecule has 0 atom stereocenters. The Labute approximate surface area is 154 Å². The number of carboxylic acid groups (broad SMARTS) is 1. The number of benzene rings is 1. The summed E-state index contributed by atoms with van der Waals surface area (Å²) >= 11 is 6.08. The number of fused-ring (bicyclic) bond motifs is 1. The third-order valence-electron chi connectivity index (χ3n) is 4.20. The number of pyridine rings is 1. The fourth-order valence-electron chi connectivity index (χ4n) is 2.91. The van der Waals surface area contributed by atoms with Gasteiger partial charge in [-0.1, -0.05) is 29.8 Å². The molecular formula is C19H15ClN4O2. The second-order valence-corrected chi connectivity index (χ2v) is 6.46. The van der Waals surface area contributed by atoms with E-state index in [2.05, 4.69) is 5.10 Å². The van der Waals surface area contributed by atoms with E-state index in [0.29, 0.717) is 11.6 Å². The normalized spacial score (nSPS) is 11.2. The van der Waals surface area contributed by atoms with Crippen LogP contribution in [0.3, 0.4) is 0 Å². The summed E-state index contributed by atoms with van der Waals surface area (Å²) in [5.41, 5.74) is 4.43. The second kappa shape index (κ2) is 6.31. The lowest BCUT2D eigenvalue weighted by Gasteiger charge is -2.07. The molecule has 1 N–H and O–H groups in total. The van der Waals surface area contributed by atoms with E-state index in [1.165, 1.54) is 0 Å². The number of rotatable bonds is 4. The smallest absolute Gasteiger partial charge is 0.356 e. The van der Waals surface area contributed by atoms with Gasteiger partial charge in [-0.25, -0.2) is 9.31 Å². The van der Waals surface area contributed by atoms with Gasteiger partial charge in [0.1, 0.15) is 0 Å². The molecular weight excluding hydrogens is 352 g/mol. The molecule has 0 aliphatic rings. The summed E-state index contributed by atoms with van der Waals surface area (Å²) in [6.07, 6.45) is 0. The predicted molar refractivity (Wildman–Crippen MR) is 98.7 cm³/mol. The average molecular weight is 367 g/mol. The number of hydrogen-bond acceptors (Lipinski definition) is 3. The first-order valence-corrected chi connectivity index (χ1v) is 8.40. The monoisotopic (exact) mass is 366 g/mol. The minimum absolute atomic E-state index is 0.0368. The lowest BCUT2D eigenvalue weighted by molar-refractivity contribution is 0.0689. The van der Waals surface area contributed by atoms with Crippen LogP contribution in [0.1, 0.15) is 21.9 Å². The Morgan fingerprint density at radius 1 is 1.12 bits per heavy atom. The maximum absolute atomic E-state index is 11.1. The highest BCUT2D eigenvalue weighted by molar-refractivity contribution is 6.30. The van der Waals surface area contributed by atoms with Crippen molar-refractivity contribution in [1.29, 1.82) is 0 Å². The third kappa shape index (κ3) is 2.95. The zero-order chi connectivity index (χ0) is 18.3. The fourth-order valence-corrected chi connectivity index (χ4v) is 3.10. The van der Waals surface area contributed by atoms with E-state index in [0.717, 1.165) is 28.2 Å². The maximum Gasteiger partial charge on any atom is 0.356 e. The number of aromatic carboxylic acids is 1. The van der Waals surface area contributed by atoms with Crippen LogP contribution in [0.5, 0.6) is 0 Å². The Morgan fingerprint density at radius 3 is 2.65 bits per heavy atom. The molecule has 3 aromatic heterocycles. The van der Waals surface area contributed by atoms with Gasteiger partial charge in [0.25, 0.3) is 0 Å². The van der Waals surface area contributed by atoms with Gasteiger partial charge in [-0.3, -0.25) is 4.68 Å². The number of halogens is 1. The van der Waals surface area contributed by atoms with E-state index in [1.54, 1.807) is 10.7 Å². The molecule has 0 amide bonds. The molecule has 4 rings (SSSR count). The molecule has 130 valence electrons. The van der Waals surface area contributed by atoms with Crippen molar-refractivity contribution in [2.24, 2.45) is 0 Å². The topological polar surface area (TPSA) is 72.4 Å². The van der Waals surface area contributed by atoms with Gasteiger partial charge in [0.15, 0.2) is 5.69 Å². The Kier molecular flexibility index (Phi) is 3.97. The van der Waals surface area contributed by atoms with Crippen molar-refractivity contribution in [3.63, 3.8) is 0 Å². The first-order valence-electron chi connectivity index (χ1n) is 8.02. The van der Waals surface area contributed by atoms with Crippen molar-refractivity contribution >= 4 is 23.1 Å². The molecule has 0 unspecified atom stereocenters. The van der Waals surface area contributed by atoms with Crippen molar-refractivity contribution in [3.8, 4) is 11.3 Å². The lowest BCUT2D eigenvalue weighted by Crippen LogP contribution is -2.09. The van der Waals surface area contributed by atoms with Crippen LogP contribution >= 0.6 is 11.6 Å². The number of carbonyl (C=O) groups is 1. The quantitative estimate of drug-likeness (QED) is 0.594. The molecule has 0 fully saturated rings. The highest BCUT2D eigenvalue weighted by Crippen LogP contribution is 2.23. The predicted octanol–water partition coefficient (Wildman–Crippen LogP) is 3.91. The summed E-state index contributed by atoms with van der Waals surface area (Å²) in [5.74, 6) is -1.03. The van der Waals surface area contributed by atoms with Crippen molar-refractivity contribution in [2.75, 3.05) is 0 Å². The molecule has 0 spiro atoms. The SMILES string of the molecule is Cc1cc(C(=O)O)nn1Cc1cccc2cc(-c3cccc(Cl)c3)nn12. The standard InChI is InChI=1S/C19H15ClN4O2/c1-12-8-18(19(25)26)21-23(12)11-16-7-3-6-15-10-17(22-24(15)16)13-4-2-5-14(20)9-13/h2-10H,11H2,1H3,(H,25,26). The van der Waals surface area contributed by atoms with Crippen molar-refractivity contribution in [2.45, 2.75) is 13.5 Å². The largest absolute Gasteiger partial charge is 0.476 e. The van der Waals surface area contributed by atoms with E-state index in [9.17, 15) is 4.79 Å².